The number of imide groups is 1. The molecule has 0 unspecified atom stereocenters. The van der Waals surface area contributed by atoms with Crippen molar-refractivity contribution in [3.8, 4) is 0 Å². The van der Waals surface area contributed by atoms with E-state index >= 15 is 0 Å². The van der Waals surface area contributed by atoms with Crippen molar-refractivity contribution in [1.82, 2.24) is 10.2 Å². The van der Waals surface area contributed by atoms with Crippen molar-refractivity contribution in [1.29, 1.82) is 0 Å². The highest BCUT2D eigenvalue weighted by atomic mass is 19.1. The maximum absolute atomic E-state index is 14.7. The van der Waals surface area contributed by atoms with Gasteiger partial charge in [-0.2, -0.15) is 0 Å². The smallest absolute Gasteiger partial charge is 0.414 e. The van der Waals surface area contributed by atoms with E-state index in [2.05, 4.69) is 10.6 Å². The lowest BCUT2D eigenvalue weighted by Gasteiger charge is -2.24. The van der Waals surface area contributed by atoms with Crippen LogP contribution in [0.15, 0.2) is 12.1 Å². The number of fused-ring (bicyclic) bond motifs is 1. The molecule has 1 atom stereocenters. The molecule has 1 aliphatic carbocycles. The van der Waals surface area contributed by atoms with Crippen LogP contribution in [0.2, 0.25) is 0 Å². The Morgan fingerprint density at radius 3 is 2.48 bits per heavy atom. The van der Waals surface area contributed by atoms with E-state index in [1.54, 1.807) is 26.8 Å². The van der Waals surface area contributed by atoms with E-state index in [0.29, 0.717) is 16.9 Å². The molecule has 0 bridgehead atoms. The van der Waals surface area contributed by atoms with E-state index in [0.717, 1.165) is 6.07 Å². The number of anilines is 1. The molecule has 0 saturated heterocycles. The Bertz CT molecular complexity index is 849. The maximum Gasteiger partial charge on any atom is 0.414 e. The zero-order chi connectivity index (χ0) is 21.9. The van der Waals surface area contributed by atoms with Crippen LogP contribution in [-0.4, -0.2) is 53.2 Å². The SMILES string of the molecule is CNC(=O)Nc1cc(F)c2c(c1)CC[C@@H]2C(=O)N(CC(=O)OC(C)(C)C)C(=O)O. The Balaban J connectivity index is 2.25. The van der Waals surface area contributed by atoms with Gasteiger partial charge in [0.15, 0.2) is 0 Å². The fourth-order valence-electron chi connectivity index (χ4n) is 3.16. The first-order valence-electron chi connectivity index (χ1n) is 9.00. The molecule has 0 spiro atoms. The van der Waals surface area contributed by atoms with Gasteiger partial charge in [-0.25, -0.2) is 18.9 Å². The molecule has 0 fully saturated rings. The number of amides is 4. The third-order valence-electron chi connectivity index (χ3n) is 4.25. The number of hydrogen-bond donors (Lipinski definition) is 3. The van der Waals surface area contributed by atoms with Crippen LogP contribution in [0.5, 0.6) is 0 Å². The summed E-state index contributed by atoms with van der Waals surface area (Å²) in [5, 5.41) is 14.2. The first-order chi connectivity index (χ1) is 13.4. The van der Waals surface area contributed by atoms with Crippen molar-refractivity contribution in [3.63, 3.8) is 0 Å². The molecule has 0 aromatic heterocycles. The highest BCUT2D eigenvalue weighted by molar-refractivity contribution is 5.98. The lowest BCUT2D eigenvalue weighted by Crippen LogP contribution is -2.43. The van der Waals surface area contributed by atoms with Gasteiger partial charge in [-0.3, -0.25) is 9.59 Å². The summed E-state index contributed by atoms with van der Waals surface area (Å²) in [7, 11) is 1.42. The molecule has 3 N–H and O–H groups in total. The summed E-state index contributed by atoms with van der Waals surface area (Å²) < 4.78 is 19.8. The number of halogens is 1. The van der Waals surface area contributed by atoms with E-state index in [-0.39, 0.29) is 17.7 Å². The number of carbonyl (C=O) groups is 4. The molecular formula is C19H24FN3O6. The van der Waals surface area contributed by atoms with Gasteiger partial charge in [0, 0.05) is 18.3 Å². The Labute approximate surface area is 167 Å². The minimum Gasteiger partial charge on any atom is -0.465 e. The number of hydrogen-bond acceptors (Lipinski definition) is 5. The molecule has 1 aliphatic rings. The average Bonchev–Trinajstić information content (AvgIpc) is 3.01. The quantitative estimate of drug-likeness (QED) is 0.656. The molecule has 0 heterocycles. The Morgan fingerprint density at radius 2 is 1.93 bits per heavy atom. The normalized spacial score (nSPS) is 15.3. The molecule has 2 rings (SSSR count). The van der Waals surface area contributed by atoms with Crippen molar-refractivity contribution in [2.45, 2.75) is 45.1 Å². The predicted octanol–water partition coefficient (Wildman–Crippen LogP) is 2.46. The van der Waals surface area contributed by atoms with E-state index in [1.165, 1.54) is 7.05 Å². The molecule has 0 radical (unpaired) electrons. The van der Waals surface area contributed by atoms with Gasteiger partial charge < -0.3 is 20.5 Å². The second kappa shape index (κ2) is 8.46. The molecular weight excluding hydrogens is 385 g/mol. The number of carboxylic acid groups (broad SMARTS) is 1. The molecule has 29 heavy (non-hydrogen) atoms. The number of rotatable bonds is 4. The number of nitrogens with zero attached hydrogens (tertiary/aromatic N) is 1. The summed E-state index contributed by atoms with van der Waals surface area (Å²) in [4.78, 5) is 48.1. The molecule has 158 valence electrons. The van der Waals surface area contributed by atoms with Gasteiger partial charge in [0.25, 0.3) is 0 Å². The average molecular weight is 409 g/mol. The Hall–Kier alpha value is -3.17. The highest BCUT2D eigenvalue weighted by Crippen LogP contribution is 2.38. The topological polar surface area (TPSA) is 125 Å². The molecule has 4 amide bonds. The zero-order valence-electron chi connectivity index (χ0n) is 16.7. The lowest BCUT2D eigenvalue weighted by molar-refractivity contribution is -0.158. The fraction of sp³-hybridized carbons (Fsp3) is 0.474. The summed E-state index contributed by atoms with van der Waals surface area (Å²) in [5.74, 6) is -3.55. The molecule has 1 aromatic rings. The number of aryl methyl sites for hydroxylation is 1. The van der Waals surface area contributed by atoms with Crippen molar-refractivity contribution < 1.29 is 33.4 Å². The Morgan fingerprint density at radius 1 is 1.28 bits per heavy atom. The zero-order valence-corrected chi connectivity index (χ0v) is 16.7. The van der Waals surface area contributed by atoms with Gasteiger partial charge in [-0.05, 0) is 51.3 Å². The minimum absolute atomic E-state index is 0.0768. The summed E-state index contributed by atoms with van der Waals surface area (Å²) in [5.41, 5.74) is -0.0484. The fourth-order valence-corrected chi connectivity index (χ4v) is 3.16. The standard InChI is InChI=1S/C19H24FN3O6/c1-19(2,3)29-14(24)9-23(18(27)28)16(25)12-6-5-10-7-11(22-17(26)21-4)8-13(20)15(10)12/h7-8,12H,5-6,9H2,1-4H3,(H,27,28)(H2,21,22,26)/t12-/m0/s1. The van der Waals surface area contributed by atoms with E-state index in [4.69, 9.17) is 4.74 Å². The number of benzene rings is 1. The first kappa shape index (κ1) is 22.1. The highest BCUT2D eigenvalue weighted by Gasteiger charge is 2.38. The summed E-state index contributed by atoms with van der Waals surface area (Å²) in [6.07, 6.45) is -1.11. The van der Waals surface area contributed by atoms with Crippen LogP contribution in [0, 0.1) is 5.82 Å². The number of urea groups is 1. The van der Waals surface area contributed by atoms with Crippen LogP contribution < -0.4 is 10.6 Å². The van der Waals surface area contributed by atoms with Crippen molar-refractivity contribution in [2.24, 2.45) is 0 Å². The van der Waals surface area contributed by atoms with Gasteiger partial charge in [-0.1, -0.05) is 0 Å². The van der Waals surface area contributed by atoms with Crippen molar-refractivity contribution >= 4 is 29.7 Å². The van der Waals surface area contributed by atoms with E-state index in [1.807, 2.05) is 0 Å². The van der Waals surface area contributed by atoms with Crippen LogP contribution in [0.25, 0.3) is 0 Å². The van der Waals surface area contributed by atoms with E-state index in [9.17, 15) is 28.7 Å². The van der Waals surface area contributed by atoms with Crippen LogP contribution in [0.4, 0.5) is 19.7 Å². The van der Waals surface area contributed by atoms with Crippen molar-refractivity contribution in [3.05, 3.63) is 29.1 Å². The van der Waals surface area contributed by atoms with Gasteiger partial charge >= 0.3 is 18.1 Å². The number of carbonyl (C=O) groups excluding carboxylic acids is 3. The second-order valence-corrected chi connectivity index (χ2v) is 7.62. The van der Waals surface area contributed by atoms with Gasteiger partial charge in [0.1, 0.15) is 18.0 Å². The molecule has 1 aromatic carbocycles. The maximum atomic E-state index is 14.7. The minimum atomic E-state index is -1.62. The Kier molecular flexibility index (Phi) is 6.45. The molecule has 10 heteroatoms. The van der Waals surface area contributed by atoms with Gasteiger partial charge in [0.05, 0.1) is 5.92 Å². The second-order valence-electron chi connectivity index (χ2n) is 7.62. The van der Waals surface area contributed by atoms with Gasteiger partial charge in [0.2, 0.25) is 5.91 Å². The van der Waals surface area contributed by atoms with Crippen LogP contribution >= 0.6 is 0 Å². The predicted molar refractivity (Wildman–Crippen MR) is 101 cm³/mol. The lowest BCUT2D eigenvalue weighted by atomic mass is 9.98. The van der Waals surface area contributed by atoms with Crippen molar-refractivity contribution in [2.75, 3.05) is 18.9 Å². The molecule has 0 aliphatic heterocycles. The summed E-state index contributed by atoms with van der Waals surface area (Å²) >= 11 is 0. The largest absolute Gasteiger partial charge is 0.465 e. The molecule has 0 saturated carbocycles. The van der Waals surface area contributed by atoms with Gasteiger partial charge in [-0.15, -0.1) is 0 Å². The monoisotopic (exact) mass is 409 g/mol. The van der Waals surface area contributed by atoms with Crippen LogP contribution in [-0.2, 0) is 20.7 Å². The molecule has 9 nitrogen and oxygen atoms in total. The van der Waals surface area contributed by atoms with Crippen LogP contribution in [0.1, 0.15) is 44.2 Å². The van der Waals surface area contributed by atoms with Crippen LogP contribution in [0.3, 0.4) is 0 Å². The summed E-state index contributed by atoms with van der Waals surface area (Å²) in [6.45, 7) is 4.07. The summed E-state index contributed by atoms with van der Waals surface area (Å²) in [6, 6.07) is 2.09. The third kappa shape index (κ3) is 5.43. The number of ether oxygens (including phenoxy) is 1. The first-order valence-corrected chi connectivity index (χ1v) is 9.00. The van der Waals surface area contributed by atoms with E-state index < -0.39 is 47.9 Å². The number of esters is 1. The third-order valence-corrected chi connectivity index (χ3v) is 4.25. The number of nitrogens with one attached hydrogen (secondary N) is 2.